The predicted octanol–water partition coefficient (Wildman–Crippen LogP) is 7.20. The van der Waals surface area contributed by atoms with Crippen LogP contribution in [0.1, 0.15) is 82.0 Å². The summed E-state index contributed by atoms with van der Waals surface area (Å²) in [5, 5.41) is 4.80. The number of rotatable bonds is 16. The molecule has 0 spiro atoms. The summed E-state index contributed by atoms with van der Waals surface area (Å²) in [6.07, 6.45) is 7.37. The van der Waals surface area contributed by atoms with Crippen molar-refractivity contribution in [2.24, 2.45) is 0 Å². The molecular weight excluding hydrogens is 590 g/mol. The molecule has 1 N–H and O–H groups in total. The van der Waals surface area contributed by atoms with Crippen molar-refractivity contribution in [1.82, 2.24) is 9.88 Å². The summed E-state index contributed by atoms with van der Waals surface area (Å²) in [7, 11) is 0. The molecule has 4 aromatic rings. The zero-order chi connectivity index (χ0) is 32.0. The Balaban J connectivity index is 1.30. The van der Waals surface area contributed by atoms with Crippen LogP contribution < -0.4 is 14.8 Å². The first kappa shape index (κ1) is 33.1. The third-order valence-corrected chi connectivity index (χ3v) is 7.60. The number of aromatic nitrogens is 1. The lowest BCUT2D eigenvalue weighted by atomic mass is 10.1. The van der Waals surface area contributed by atoms with E-state index in [2.05, 4.69) is 17.2 Å². The molecule has 10 heteroatoms. The highest BCUT2D eigenvalue weighted by atomic mass is 32.1. The Kier molecular flexibility index (Phi) is 12.4. The van der Waals surface area contributed by atoms with Gasteiger partial charge in [-0.05, 0) is 79.6 Å². The number of benzene rings is 3. The number of nitrogens with zero attached hydrogens (tertiary/aromatic N) is 2. The molecule has 1 heterocycles. The number of thiazole rings is 1. The molecule has 0 aliphatic carbocycles. The molecule has 0 aliphatic rings. The second-order valence-electron chi connectivity index (χ2n) is 10.6. The van der Waals surface area contributed by atoms with E-state index in [1.807, 2.05) is 0 Å². The van der Waals surface area contributed by atoms with Crippen LogP contribution in [0.15, 0.2) is 84.4 Å². The van der Waals surface area contributed by atoms with Crippen LogP contribution in [0.4, 0.5) is 5.69 Å². The van der Waals surface area contributed by atoms with Crippen LogP contribution >= 0.6 is 11.3 Å². The number of ether oxygens (including phenoxy) is 2. The maximum Gasteiger partial charge on any atom is 0.343 e. The molecule has 0 atom stereocenters. The monoisotopic (exact) mass is 627 g/mol. The number of carbonyl (C=O) groups excluding carboxylic acids is 4. The molecule has 0 saturated carbocycles. The van der Waals surface area contributed by atoms with Gasteiger partial charge in [-0.3, -0.25) is 14.4 Å². The van der Waals surface area contributed by atoms with Gasteiger partial charge in [-0.2, -0.15) is 0 Å². The average molecular weight is 628 g/mol. The molecule has 3 aromatic carbocycles. The molecule has 0 bridgehead atoms. The second-order valence-corrected chi connectivity index (χ2v) is 11.4. The third kappa shape index (κ3) is 10.4. The van der Waals surface area contributed by atoms with Gasteiger partial charge in [0.05, 0.1) is 18.7 Å². The van der Waals surface area contributed by atoms with Crippen LogP contribution in [-0.4, -0.2) is 46.6 Å². The van der Waals surface area contributed by atoms with Crippen LogP contribution in [-0.2, 0) is 11.3 Å². The molecule has 0 aliphatic heterocycles. The zero-order valence-electron chi connectivity index (χ0n) is 25.5. The van der Waals surface area contributed by atoms with E-state index in [4.69, 9.17) is 9.47 Å². The lowest BCUT2D eigenvalue weighted by Crippen LogP contribution is -2.34. The Labute approximate surface area is 267 Å². The number of hydrogen-bond donors (Lipinski definition) is 1. The lowest BCUT2D eigenvalue weighted by Gasteiger charge is -2.22. The molecule has 234 valence electrons. The van der Waals surface area contributed by atoms with E-state index >= 15 is 0 Å². The molecule has 45 heavy (non-hydrogen) atoms. The van der Waals surface area contributed by atoms with Gasteiger partial charge in [0.2, 0.25) is 0 Å². The summed E-state index contributed by atoms with van der Waals surface area (Å²) in [6, 6.07) is 20.1. The van der Waals surface area contributed by atoms with Crippen LogP contribution in [0.25, 0.3) is 0 Å². The smallest absolute Gasteiger partial charge is 0.343 e. The fourth-order valence-electron chi connectivity index (χ4n) is 4.50. The minimum absolute atomic E-state index is 0.0727. The van der Waals surface area contributed by atoms with Gasteiger partial charge in [0.1, 0.15) is 17.3 Å². The predicted molar refractivity (Wildman–Crippen MR) is 174 cm³/mol. The SMILES string of the molecule is CCCCCCCOc1ccc(C(=O)Oc2ccc(CN(CC(C)=O)C(=O)c3ccc(NC(=O)c4nccs4)cc3)cc2)cc1. The van der Waals surface area contributed by atoms with Crippen molar-refractivity contribution >= 4 is 40.6 Å². The number of anilines is 1. The van der Waals surface area contributed by atoms with Crippen molar-refractivity contribution in [3.05, 3.63) is 106 Å². The number of nitrogens with one attached hydrogen (secondary N) is 1. The average Bonchev–Trinajstić information content (AvgIpc) is 3.59. The topological polar surface area (TPSA) is 115 Å². The van der Waals surface area contributed by atoms with Gasteiger partial charge in [0, 0.05) is 29.4 Å². The molecule has 9 nitrogen and oxygen atoms in total. The molecule has 0 saturated heterocycles. The van der Waals surface area contributed by atoms with Crippen molar-refractivity contribution in [2.75, 3.05) is 18.5 Å². The third-order valence-electron chi connectivity index (χ3n) is 6.83. The van der Waals surface area contributed by atoms with Crippen molar-refractivity contribution in [2.45, 2.75) is 52.5 Å². The van der Waals surface area contributed by atoms with Crippen molar-refractivity contribution in [3.63, 3.8) is 0 Å². The molecule has 0 unspecified atom stereocenters. The summed E-state index contributed by atoms with van der Waals surface area (Å²) in [5.74, 6) is -0.246. The first-order chi connectivity index (χ1) is 21.8. The quantitative estimate of drug-likeness (QED) is 0.0794. The van der Waals surface area contributed by atoms with Gasteiger partial charge < -0.3 is 19.7 Å². The Morgan fingerprint density at radius 1 is 0.822 bits per heavy atom. The van der Waals surface area contributed by atoms with Gasteiger partial charge in [-0.1, -0.05) is 44.7 Å². The number of amides is 2. The first-order valence-corrected chi connectivity index (χ1v) is 15.8. The van der Waals surface area contributed by atoms with Gasteiger partial charge >= 0.3 is 5.97 Å². The standard InChI is InChI=1S/C35H37N3O6S/c1-3-4-5-6-7-21-43-30-18-12-28(13-19-30)35(42)44-31-16-8-26(9-17-31)24-38(23-25(2)39)34(41)27-10-14-29(15-11-27)37-32(40)33-36-20-22-45-33/h8-20,22H,3-7,21,23-24H2,1-2H3,(H,37,40). The highest BCUT2D eigenvalue weighted by molar-refractivity contribution is 7.11. The number of carbonyl (C=O) groups is 4. The van der Waals surface area contributed by atoms with Crippen LogP contribution in [0.2, 0.25) is 0 Å². The number of unbranched alkanes of at least 4 members (excludes halogenated alkanes) is 4. The van der Waals surface area contributed by atoms with Crippen molar-refractivity contribution in [3.8, 4) is 11.5 Å². The largest absolute Gasteiger partial charge is 0.494 e. The van der Waals surface area contributed by atoms with E-state index in [9.17, 15) is 19.2 Å². The molecule has 2 amide bonds. The Morgan fingerprint density at radius 3 is 2.13 bits per heavy atom. The highest BCUT2D eigenvalue weighted by Gasteiger charge is 2.19. The number of Topliss-reactive ketones (excluding diaryl/α,β-unsaturated/α-hetero) is 1. The number of ketones is 1. The van der Waals surface area contributed by atoms with Gasteiger partial charge in [0.15, 0.2) is 5.01 Å². The van der Waals surface area contributed by atoms with Gasteiger partial charge in [-0.25, -0.2) is 9.78 Å². The molecular formula is C35H37N3O6S. The normalized spacial score (nSPS) is 10.6. The molecule has 4 rings (SSSR count). The maximum atomic E-state index is 13.3. The zero-order valence-corrected chi connectivity index (χ0v) is 26.3. The van der Waals surface area contributed by atoms with E-state index in [0.717, 1.165) is 18.4 Å². The maximum absolute atomic E-state index is 13.3. The van der Waals surface area contributed by atoms with Crippen LogP contribution in [0, 0.1) is 0 Å². The summed E-state index contributed by atoms with van der Waals surface area (Å²) < 4.78 is 11.3. The van der Waals surface area contributed by atoms with E-state index in [1.165, 1.54) is 42.4 Å². The molecule has 0 fully saturated rings. The van der Waals surface area contributed by atoms with E-state index in [0.29, 0.717) is 39.9 Å². The summed E-state index contributed by atoms with van der Waals surface area (Å²) in [5.41, 5.74) is 2.05. The van der Waals surface area contributed by atoms with Crippen LogP contribution in [0.3, 0.4) is 0 Å². The highest BCUT2D eigenvalue weighted by Crippen LogP contribution is 2.20. The second kappa shape index (κ2) is 16.9. The minimum atomic E-state index is -0.492. The summed E-state index contributed by atoms with van der Waals surface area (Å²) in [4.78, 5) is 55.7. The summed E-state index contributed by atoms with van der Waals surface area (Å²) in [6.45, 7) is 4.36. The van der Waals surface area contributed by atoms with Crippen molar-refractivity contribution < 1.29 is 28.7 Å². The number of hydrogen-bond acceptors (Lipinski definition) is 8. The number of esters is 1. The fourth-order valence-corrected chi connectivity index (χ4v) is 5.03. The Hall–Kier alpha value is -4.83. The Bertz CT molecular complexity index is 1550. The fraction of sp³-hybridized carbons (Fsp3) is 0.286. The Morgan fingerprint density at radius 2 is 1.49 bits per heavy atom. The molecule has 1 aromatic heterocycles. The minimum Gasteiger partial charge on any atom is -0.494 e. The van der Waals surface area contributed by atoms with Gasteiger partial charge in [0.25, 0.3) is 11.8 Å². The van der Waals surface area contributed by atoms with E-state index in [-0.39, 0.29) is 30.7 Å². The van der Waals surface area contributed by atoms with Crippen molar-refractivity contribution in [1.29, 1.82) is 0 Å². The first-order valence-electron chi connectivity index (χ1n) is 15.0. The molecule has 0 radical (unpaired) electrons. The van der Waals surface area contributed by atoms with Crippen LogP contribution in [0.5, 0.6) is 11.5 Å². The van der Waals surface area contributed by atoms with E-state index in [1.54, 1.807) is 84.4 Å². The van der Waals surface area contributed by atoms with E-state index < -0.39 is 5.97 Å². The summed E-state index contributed by atoms with van der Waals surface area (Å²) >= 11 is 1.23. The lowest BCUT2D eigenvalue weighted by molar-refractivity contribution is -0.117. The van der Waals surface area contributed by atoms with Gasteiger partial charge in [-0.15, -0.1) is 11.3 Å².